The largest absolute Gasteiger partial charge is 0.207 e. The van der Waals surface area contributed by atoms with Crippen molar-refractivity contribution in [3.05, 3.63) is 69.4 Å². The summed E-state index contributed by atoms with van der Waals surface area (Å²) in [6.07, 6.45) is 0. The SMILES string of the molecule is Cc1ccccc1CSCc1cc(F)cc(Br)c1. The molecule has 18 heavy (non-hydrogen) atoms. The lowest BCUT2D eigenvalue weighted by Crippen LogP contribution is -1.88. The van der Waals surface area contributed by atoms with Crippen molar-refractivity contribution >= 4 is 27.7 Å². The zero-order valence-corrected chi connectivity index (χ0v) is 12.5. The van der Waals surface area contributed by atoms with Crippen molar-refractivity contribution in [2.45, 2.75) is 18.4 Å². The Morgan fingerprint density at radius 3 is 2.61 bits per heavy atom. The Kier molecular flexibility index (Phi) is 4.84. The zero-order valence-electron chi connectivity index (χ0n) is 10.1. The maximum atomic E-state index is 13.2. The topological polar surface area (TPSA) is 0 Å². The highest BCUT2D eigenvalue weighted by atomic mass is 79.9. The van der Waals surface area contributed by atoms with Gasteiger partial charge in [-0.2, -0.15) is 11.8 Å². The van der Waals surface area contributed by atoms with Crippen LogP contribution in [0.2, 0.25) is 0 Å². The maximum Gasteiger partial charge on any atom is 0.124 e. The lowest BCUT2D eigenvalue weighted by atomic mass is 10.1. The Labute approximate surface area is 120 Å². The molecule has 0 spiro atoms. The first-order chi connectivity index (χ1) is 8.65. The summed E-state index contributed by atoms with van der Waals surface area (Å²) >= 11 is 5.12. The summed E-state index contributed by atoms with van der Waals surface area (Å²) < 4.78 is 14.0. The van der Waals surface area contributed by atoms with Gasteiger partial charge >= 0.3 is 0 Å². The summed E-state index contributed by atoms with van der Waals surface area (Å²) in [7, 11) is 0. The fraction of sp³-hybridized carbons (Fsp3) is 0.200. The van der Waals surface area contributed by atoms with Crippen molar-refractivity contribution in [2.75, 3.05) is 0 Å². The van der Waals surface area contributed by atoms with Crippen LogP contribution in [-0.4, -0.2) is 0 Å². The Morgan fingerprint density at radius 1 is 1.11 bits per heavy atom. The molecule has 0 bridgehead atoms. The third-order valence-electron chi connectivity index (χ3n) is 2.71. The third-order valence-corrected chi connectivity index (χ3v) is 4.22. The zero-order chi connectivity index (χ0) is 13.0. The van der Waals surface area contributed by atoms with E-state index in [2.05, 4.69) is 41.1 Å². The normalized spacial score (nSPS) is 10.6. The second-order valence-electron chi connectivity index (χ2n) is 4.20. The highest BCUT2D eigenvalue weighted by Crippen LogP contribution is 2.22. The van der Waals surface area contributed by atoms with Crippen LogP contribution in [0, 0.1) is 12.7 Å². The predicted molar refractivity (Wildman–Crippen MR) is 80.3 cm³/mol. The quantitative estimate of drug-likeness (QED) is 0.732. The van der Waals surface area contributed by atoms with Crippen molar-refractivity contribution in [3.63, 3.8) is 0 Å². The van der Waals surface area contributed by atoms with E-state index in [1.807, 2.05) is 12.1 Å². The Balaban J connectivity index is 1.94. The van der Waals surface area contributed by atoms with Gasteiger partial charge in [-0.15, -0.1) is 0 Å². The van der Waals surface area contributed by atoms with Gasteiger partial charge < -0.3 is 0 Å². The Morgan fingerprint density at radius 2 is 1.89 bits per heavy atom. The number of hydrogen-bond acceptors (Lipinski definition) is 1. The molecule has 0 aromatic heterocycles. The summed E-state index contributed by atoms with van der Waals surface area (Å²) in [5.74, 6) is 1.60. The first kappa shape index (κ1) is 13.6. The Bertz CT molecular complexity index is 520. The number of rotatable bonds is 4. The van der Waals surface area contributed by atoms with Crippen molar-refractivity contribution < 1.29 is 4.39 Å². The molecule has 0 radical (unpaired) electrons. The van der Waals surface area contributed by atoms with Gasteiger partial charge in [-0.05, 0) is 41.8 Å². The van der Waals surface area contributed by atoms with Crippen LogP contribution in [0.4, 0.5) is 4.39 Å². The van der Waals surface area contributed by atoms with E-state index in [0.29, 0.717) is 0 Å². The molecule has 0 heterocycles. The molecule has 0 fully saturated rings. The second kappa shape index (κ2) is 6.39. The lowest BCUT2D eigenvalue weighted by molar-refractivity contribution is 0.625. The summed E-state index contributed by atoms with van der Waals surface area (Å²) in [5.41, 5.74) is 3.67. The fourth-order valence-electron chi connectivity index (χ4n) is 1.75. The van der Waals surface area contributed by atoms with Crippen LogP contribution in [0.15, 0.2) is 46.9 Å². The second-order valence-corrected chi connectivity index (χ2v) is 6.10. The lowest BCUT2D eigenvalue weighted by Gasteiger charge is -2.06. The van der Waals surface area contributed by atoms with Gasteiger partial charge in [0.15, 0.2) is 0 Å². The van der Waals surface area contributed by atoms with Gasteiger partial charge in [0.05, 0.1) is 0 Å². The monoisotopic (exact) mass is 324 g/mol. The smallest absolute Gasteiger partial charge is 0.124 e. The van der Waals surface area contributed by atoms with Crippen molar-refractivity contribution in [2.24, 2.45) is 0 Å². The summed E-state index contributed by atoms with van der Waals surface area (Å²) in [5, 5.41) is 0. The highest BCUT2D eigenvalue weighted by Gasteiger charge is 2.01. The van der Waals surface area contributed by atoms with E-state index < -0.39 is 0 Å². The van der Waals surface area contributed by atoms with Gasteiger partial charge in [0, 0.05) is 16.0 Å². The van der Waals surface area contributed by atoms with Crippen molar-refractivity contribution in [1.82, 2.24) is 0 Å². The molecule has 0 aliphatic heterocycles. The molecule has 0 aliphatic carbocycles. The van der Waals surface area contributed by atoms with E-state index >= 15 is 0 Å². The van der Waals surface area contributed by atoms with Crippen LogP contribution in [0.1, 0.15) is 16.7 Å². The Hall–Kier alpha value is -0.800. The van der Waals surface area contributed by atoms with E-state index in [1.165, 1.54) is 17.2 Å². The van der Waals surface area contributed by atoms with E-state index in [9.17, 15) is 4.39 Å². The first-order valence-electron chi connectivity index (χ1n) is 5.72. The number of hydrogen-bond donors (Lipinski definition) is 0. The minimum atomic E-state index is -0.184. The molecule has 2 aromatic carbocycles. The molecule has 0 saturated carbocycles. The molecular formula is C15H14BrFS. The molecule has 0 atom stereocenters. The van der Waals surface area contributed by atoms with Crippen LogP contribution in [-0.2, 0) is 11.5 Å². The molecule has 0 aliphatic rings. The van der Waals surface area contributed by atoms with Gasteiger partial charge in [-0.1, -0.05) is 40.2 Å². The van der Waals surface area contributed by atoms with Crippen LogP contribution in [0.25, 0.3) is 0 Å². The number of aryl methyl sites for hydroxylation is 1. The van der Waals surface area contributed by atoms with Gasteiger partial charge in [0.25, 0.3) is 0 Å². The molecular weight excluding hydrogens is 311 g/mol. The van der Waals surface area contributed by atoms with Gasteiger partial charge in [0.1, 0.15) is 5.82 Å². The molecule has 3 heteroatoms. The van der Waals surface area contributed by atoms with Crippen molar-refractivity contribution in [1.29, 1.82) is 0 Å². The van der Waals surface area contributed by atoms with Crippen LogP contribution in [0.3, 0.4) is 0 Å². The highest BCUT2D eigenvalue weighted by molar-refractivity contribution is 9.10. The van der Waals surface area contributed by atoms with Crippen LogP contribution in [0.5, 0.6) is 0 Å². The van der Waals surface area contributed by atoms with E-state index in [-0.39, 0.29) is 5.82 Å². The number of halogens is 2. The first-order valence-corrected chi connectivity index (χ1v) is 7.67. The predicted octanol–water partition coefficient (Wildman–Crippen LogP) is 5.33. The summed E-state index contributed by atoms with van der Waals surface area (Å²) in [6, 6.07) is 13.4. The minimum absolute atomic E-state index is 0.184. The molecule has 0 unspecified atom stereocenters. The minimum Gasteiger partial charge on any atom is -0.207 e. The van der Waals surface area contributed by atoms with E-state index in [0.717, 1.165) is 21.5 Å². The molecule has 0 amide bonds. The molecule has 0 N–H and O–H groups in total. The summed E-state index contributed by atoms with van der Waals surface area (Å²) in [4.78, 5) is 0. The number of thioether (sulfide) groups is 1. The average molecular weight is 325 g/mol. The van der Waals surface area contributed by atoms with Gasteiger partial charge in [-0.3, -0.25) is 0 Å². The van der Waals surface area contributed by atoms with E-state index in [4.69, 9.17) is 0 Å². The molecule has 2 aromatic rings. The maximum absolute atomic E-state index is 13.2. The third kappa shape index (κ3) is 3.85. The van der Waals surface area contributed by atoms with Crippen molar-refractivity contribution in [3.8, 4) is 0 Å². The molecule has 0 saturated heterocycles. The molecule has 2 rings (SSSR count). The summed E-state index contributed by atoms with van der Waals surface area (Å²) in [6.45, 7) is 2.12. The van der Waals surface area contributed by atoms with Gasteiger partial charge in [0.2, 0.25) is 0 Å². The van der Waals surface area contributed by atoms with Crippen LogP contribution < -0.4 is 0 Å². The standard InChI is InChI=1S/C15H14BrFS/c1-11-4-2-3-5-13(11)10-18-9-12-6-14(16)8-15(17)7-12/h2-8H,9-10H2,1H3. The molecule has 94 valence electrons. The average Bonchev–Trinajstić information content (AvgIpc) is 2.30. The fourth-order valence-corrected chi connectivity index (χ4v) is 3.31. The molecule has 0 nitrogen and oxygen atoms in total. The van der Waals surface area contributed by atoms with E-state index in [1.54, 1.807) is 17.8 Å². The number of benzene rings is 2. The van der Waals surface area contributed by atoms with Crippen LogP contribution >= 0.6 is 27.7 Å². The van der Waals surface area contributed by atoms with Gasteiger partial charge in [-0.25, -0.2) is 4.39 Å².